The first-order valence-electron chi connectivity index (χ1n) is 7.57. The average molecular weight is 358 g/mol. The van der Waals surface area contributed by atoms with Gasteiger partial charge in [-0.15, -0.1) is 0 Å². The number of amides is 1. The Morgan fingerprint density at radius 2 is 1.88 bits per heavy atom. The van der Waals surface area contributed by atoms with E-state index in [1.807, 2.05) is 0 Å². The summed E-state index contributed by atoms with van der Waals surface area (Å²) in [5.74, 6) is -2.95. The van der Waals surface area contributed by atoms with Crippen molar-refractivity contribution < 1.29 is 27.5 Å². The van der Waals surface area contributed by atoms with Crippen molar-refractivity contribution in [3.63, 3.8) is 0 Å². The first-order valence-corrected chi connectivity index (χ1v) is 9.01. The number of carbonyl (C=O) groups excluding carboxylic acids is 1. The first-order chi connectivity index (χ1) is 11.2. The lowest BCUT2D eigenvalue weighted by Crippen LogP contribution is -2.38. The maximum atomic E-state index is 14.0. The van der Waals surface area contributed by atoms with Gasteiger partial charge in [0, 0.05) is 18.7 Å². The van der Waals surface area contributed by atoms with Crippen LogP contribution in [0.1, 0.15) is 36.5 Å². The first kappa shape index (κ1) is 18.3. The summed E-state index contributed by atoms with van der Waals surface area (Å²) in [6.45, 7) is 1.90. The Kier molecular flexibility index (Phi) is 5.55. The molecule has 1 aromatic carbocycles. The van der Waals surface area contributed by atoms with E-state index in [9.17, 15) is 22.4 Å². The summed E-state index contributed by atoms with van der Waals surface area (Å²) in [5, 5.41) is 11.0. The molecule has 1 aliphatic heterocycles. The van der Waals surface area contributed by atoms with E-state index in [-0.39, 0.29) is 5.56 Å². The van der Waals surface area contributed by atoms with Gasteiger partial charge >= 0.3 is 5.97 Å². The Hall–Kier alpha value is -2.00. The molecule has 0 aliphatic carbocycles. The van der Waals surface area contributed by atoms with Crippen LogP contribution in [0.3, 0.4) is 0 Å². The summed E-state index contributed by atoms with van der Waals surface area (Å²) < 4.78 is 40.4. The molecule has 0 bridgehead atoms. The normalized spacial score (nSPS) is 17.2. The second-order valence-electron chi connectivity index (χ2n) is 5.64. The predicted molar refractivity (Wildman–Crippen MR) is 83.6 cm³/mol. The zero-order chi connectivity index (χ0) is 17.9. The summed E-state index contributed by atoms with van der Waals surface area (Å²) in [6.07, 6.45) is 2.33. The Labute approximate surface area is 139 Å². The fourth-order valence-electron chi connectivity index (χ4n) is 2.43. The molecule has 2 rings (SSSR count). The van der Waals surface area contributed by atoms with Crippen molar-refractivity contribution in [3.8, 4) is 0 Å². The Morgan fingerprint density at radius 3 is 2.46 bits per heavy atom. The standard InChI is InChI=1S/C15H19FN2O5S/c1-10(15(20)21)17-14(19)11-5-6-12(16)13(9-11)24(22,23)18-7-3-2-4-8-18/h5-6,9-10H,2-4,7-8H2,1H3,(H,17,19)(H,20,21). The number of hydrogen-bond donors (Lipinski definition) is 2. The van der Waals surface area contributed by atoms with E-state index in [0.717, 1.165) is 24.6 Å². The van der Waals surface area contributed by atoms with Crippen molar-refractivity contribution in [3.05, 3.63) is 29.6 Å². The van der Waals surface area contributed by atoms with Gasteiger partial charge in [0.15, 0.2) is 0 Å². The molecule has 1 unspecified atom stereocenters. The zero-order valence-corrected chi connectivity index (χ0v) is 14.0. The number of aliphatic carboxylic acids is 1. The summed E-state index contributed by atoms with van der Waals surface area (Å²) >= 11 is 0. The van der Waals surface area contributed by atoms with Gasteiger partial charge < -0.3 is 10.4 Å². The van der Waals surface area contributed by atoms with Gasteiger partial charge in [-0.1, -0.05) is 6.42 Å². The highest BCUT2D eigenvalue weighted by molar-refractivity contribution is 7.89. The smallest absolute Gasteiger partial charge is 0.325 e. The number of rotatable bonds is 5. The second kappa shape index (κ2) is 7.27. The lowest BCUT2D eigenvalue weighted by molar-refractivity contribution is -0.138. The van der Waals surface area contributed by atoms with Crippen molar-refractivity contribution in [2.24, 2.45) is 0 Å². The number of carbonyl (C=O) groups is 2. The van der Waals surface area contributed by atoms with Gasteiger partial charge in [0.25, 0.3) is 5.91 Å². The highest BCUT2D eigenvalue weighted by Crippen LogP contribution is 2.24. The highest BCUT2D eigenvalue weighted by Gasteiger charge is 2.29. The zero-order valence-electron chi connectivity index (χ0n) is 13.2. The molecule has 1 atom stereocenters. The van der Waals surface area contributed by atoms with Crippen LogP contribution in [0, 0.1) is 5.82 Å². The molecule has 1 amide bonds. The van der Waals surface area contributed by atoms with Gasteiger partial charge in [0.1, 0.15) is 16.8 Å². The van der Waals surface area contributed by atoms with E-state index >= 15 is 0 Å². The average Bonchev–Trinajstić information content (AvgIpc) is 2.55. The van der Waals surface area contributed by atoms with Crippen LogP contribution < -0.4 is 5.32 Å². The maximum Gasteiger partial charge on any atom is 0.325 e. The minimum atomic E-state index is -4.03. The van der Waals surface area contributed by atoms with E-state index in [0.29, 0.717) is 25.9 Å². The van der Waals surface area contributed by atoms with Crippen molar-refractivity contribution in [2.45, 2.75) is 37.1 Å². The van der Waals surface area contributed by atoms with Crippen LogP contribution in [-0.2, 0) is 14.8 Å². The van der Waals surface area contributed by atoms with Gasteiger partial charge in [0.2, 0.25) is 10.0 Å². The number of carboxylic acids is 1. The molecule has 1 aliphatic rings. The van der Waals surface area contributed by atoms with Crippen LogP contribution in [0.2, 0.25) is 0 Å². The number of halogens is 1. The van der Waals surface area contributed by atoms with Crippen LogP contribution in [0.15, 0.2) is 23.1 Å². The van der Waals surface area contributed by atoms with E-state index in [4.69, 9.17) is 5.11 Å². The van der Waals surface area contributed by atoms with Gasteiger partial charge in [-0.05, 0) is 38.0 Å². The molecular formula is C15H19FN2O5S. The van der Waals surface area contributed by atoms with Crippen LogP contribution >= 0.6 is 0 Å². The van der Waals surface area contributed by atoms with Crippen LogP contribution in [0.5, 0.6) is 0 Å². The van der Waals surface area contributed by atoms with Crippen molar-refractivity contribution >= 4 is 21.9 Å². The number of hydrogen-bond acceptors (Lipinski definition) is 4. The molecule has 9 heteroatoms. The molecule has 1 fully saturated rings. The fourth-order valence-corrected chi connectivity index (χ4v) is 4.04. The fraction of sp³-hybridized carbons (Fsp3) is 0.467. The quantitative estimate of drug-likeness (QED) is 0.823. The second-order valence-corrected chi connectivity index (χ2v) is 7.55. The lowest BCUT2D eigenvalue weighted by Gasteiger charge is -2.26. The SMILES string of the molecule is CC(NC(=O)c1ccc(F)c(S(=O)(=O)N2CCCCC2)c1)C(=O)O. The number of nitrogens with one attached hydrogen (secondary N) is 1. The summed E-state index contributed by atoms with van der Waals surface area (Å²) in [4.78, 5) is 22.2. The van der Waals surface area contributed by atoms with Crippen molar-refractivity contribution in [1.82, 2.24) is 9.62 Å². The van der Waals surface area contributed by atoms with Crippen molar-refractivity contribution in [1.29, 1.82) is 0 Å². The topological polar surface area (TPSA) is 104 Å². The third-order valence-corrected chi connectivity index (χ3v) is 5.76. The number of carboxylic acid groups (broad SMARTS) is 1. The van der Waals surface area contributed by atoms with Gasteiger partial charge in [-0.25, -0.2) is 12.8 Å². The Balaban J connectivity index is 2.31. The van der Waals surface area contributed by atoms with E-state index < -0.39 is 38.7 Å². The summed E-state index contributed by atoms with van der Waals surface area (Å²) in [6, 6.07) is 1.82. The molecular weight excluding hydrogens is 339 g/mol. The molecule has 0 aromatic heterocycles. The number of nitrogens with zero attached hydrogens (tertiary/aromatic N) is 1. The molecule has 132 valence electrons. The molecule has 1 aromatic rings. The Bertz CT molecular complexity index is 744. The van der Waals surface area contributed by atoms with Crippen molar-refractivity contribution in [2.75, 3.05) is 13.1 Å². The minimum Gasteiger partial charge on any atom is -0.480 e. The monoisotopic (exact) mass is 358 g/mol. The lowest BCUT2D eigenvalue weighted by atomic mass is 10.2. The van der Waals surface area contributed by atoms with Gasteiger partial charge in [-0.3, -0.25) is 9.59 Å². The molecule has 1 heterocycles. The molecule has 0 spiro atoms. The molecule has 7 nitrogen and oxygen atoms in total. The Morgan fingerprint density at radius 1 is 1.25 bits per heavy atom. The van der Waals surface area contributed by atoms with Crippen LogP contribution in [-0.4, -0.2) is 48.8 Å². The highest BCUT2D eigenvalue weighted by atomic mass is 32.2. The molecule has 2 N–H and O–H groups in total. The molecule has 0 saturated carbocycles. The minimum absolute atomic E-state index is 0.111. The third-order valence-electron chi connectivity index (χ3n) is 3.84. The molecule has 24 heavy (non-hydrogen) atoms. The molecule has 1 saturated heterocycles. The largest absolute Gasteiger partial charge is 0.480 e. The molecule has 0 radical (unpaired) electrons. The summed E-state index contributed by atoms with van der Waals surface area (Å²) in [7, 11) is -4.03. The number of piperidine rings is 1. The van der Waals surface area contributed by atoms with E-state index in [1.165, 1.54) is 11.2 Å². The van der Waals surface area contributed by atoms with Gasteiger partial charge in [0.05, 0.1) is 0 Å². The summed E-state index contributed by atoms with van der Waals surface area (Å²) in [5.41, 5.74) is -0.111. The van der Waals surface area contributed by atoms with Crippen LogP contribution in [0.4, 0.5) is 4.39 Å². The van der Waals surface area contributed by atoms with Crippen LogP contribution in [0.25, 0.3) is 0 Å². The maximum absolute atomic E-state index is 14.0. The van der Waals surface area contributed by atoms with E-state index in [1.54, 1.807) is 0 Å². The van der Waals surface area contributed by atoms with Gasteiger partial charge in [-0.2, -0.15) is 4.31 Å². The number of benzene rings is 1. The van der Waals surface area contributed by atoms with E-state index in [2.05, 4.69) is 5.32 Å². The third kappa shape index (κ3) is 3.90. The number of sulfonamides is 1. The predicted octanol–water partition coefficient (Wildman–Crippen LogP) is 1.20.